The van der Waals surface area contributed by atoms with Crippen LogP contribution in [0.5, 0.6) is 0 Å². The molecule has 8 atom stereocenters. The number of rotatable bonds is 3. The van der Waals surface area contributed by atoms with Crippen molar-refractivity contribution < 1.29 is 38.5 Å². The summed E-state index contributed by atoms with van der Waals surface area (Å²) in [4.78, 5) is 50.2. The minimum Gasteiger partial charge on any atom is -0.462 e. The summed E-state index contributed by atoms with van der Waals surface area (Å²) < 4.78 is 17.8. The fourth-order valence-electron chi connectivity index (χ4n) is 7.05. The summed E-state index contributed by atoms with van der Waals surface area (Å²) in [6, 6.07) is 0. The second kappa shape index (κ2) is 9.10. The third-order valence-electron chi connectivity index (χ3n) is 8.61. The fraction of sp³-hybridized carbons (Fsp3) is 0.769. The van der Waals surface area contributed by atoms with Gasteiger partial charge in [-0.25, -0.2) is 0 Å². The van der Waals surface area contributed by atoms with E-state index in [4.69, 9.17) is 14.2 Å². The van der Waals surface area contributed by atoms with Crippen molar-refractivity contribution in [2.45, 2.75) is 99.1 Å². The Morgan fingerprint density at radius 3 is 2.06 bits per heavy atom. The molecule has 34 heavy (non-hydrogen) atoms. The summed E-state index contributed by atoms with van der Waals surface area (Å²) in [7, 11) is 0. The maximum absolute atomic E-state index is 13.2. The van der Waals surface area contributed by atoms with Gasteiger partial charge in [0, 0.05) is 44.4 Å². The van der Waals surface area contributed by atoms with Crippen LogP contribution in [0, 0.1) is 28.6 Å². The maximum atomic E-state index is 13.2. The van der Waals surface area contributed by atoms with Gasteiger partial charge in [0.05, 0.1) is 6.10 Å². The average Bonchev–Trinajstić information content (AvgIpc) is 2.69. The van der Waals surface area contributed by atoms with E-state index < -0.39 is 65.0 Å². The number of ether oxygens (including phenoxy) is 3. The van der Waals surface area contributed by atoms with Crippen molar-refractivity contribution in [3.8, 4) is 0 Å². The van der Waals surface area contributed by atoms with Gasteiger partial charge in [0.15, 0.2) is 11.9 Å². The third kappa shape index (κ3) is 4.30. The van der Waals surface area contributed by atoms with E-state index in [1.54, 1.807) is 6.92 Å². The average molecular weight is 479 g/mol. The second-order valence-corrected chi connectivity index (χ2v) is 11.1. The highest BCUT2D eigenvalue weighted by Crippen LogP contribution is 2.60. The van der Waals surface area contributed by atoms with Crippen LogP contribution in [0.4, 0.5) is 0 Å². The van der Waals surface area contributed by atoms with Crippen molar-refractivity contribution >= 4 is 23.7 Å². The van der Waals surface area contributed by atoms with Gasteiger partial charge in [-0.05, 0) is 42.2 Å². The van der Waals surface area contributed by atoms with Gasteiger partial charge < -0.3 is 19.3 Å². The highest BCUT2D eigenvalue weighted by atomic mass is 16.6. The molecule has 1 N–H and O–H groups in total. The highest BCUT2D eigenvalue weighted by Gasteiger charge is 2.64. The van der Waals surface area contributed by atoms with Gasteiger partial charge in [0.25, 0.3) is 0 Å². The first-order valence-corrected chi connectivity index (χ1v) is 12.1. The molecule has 2 saturated carbocycles. The molecule has 3 rings (SSSR count). The summed E-state index contributed by atoms with van der Waals surface area (Å²) in [5, 5.41) is 10.9. The first-order chi connectivity index (χ1) is 15.6. The molecule has 0 spiro atoms. The molecule has 3 aliphatic rings. The molecule has 2 fully saturated rings. The molecule has 0 aromatic carbocycles. The lowest BCUT2D eigenvalue weighted by Gasteiger charge is -2.60. The Balaban J connectivity index is 2.40. The number of aliphatic hydroxyl groups excluding tert-OH is 1. The lowest BCUT2D eigenvalue weighted by molar-refractivity contribution is -0.219. The molecule has 2 bridgehead atoms. The second-order valence-electron chi connectivity index (χ2n) is 11.1. The van der Waals surface area contributed by atoms with Crippen molar-refractivity contribution in [3.05, 3.63) is 11.1 Å². The first kappa shape index (κ1) is 26.4. The number of hydrogen-bond acceptors (Lipinski definition) is 8. The number of aliphatic hydroxyl groups is 1. The van der Waals surface area contributed by atoms with Crippen molar-refractivity contribution in [1.29, 1.82) is 0 Å². The van der Waals surface area contributed by atoms with Gasteiger partial charge in [-0.1, -0.05) is 27.7 Å². The van der Waals surface area contributed by atoms with Crippen LogP contribution < -0.4 is 0 Å². The highest BCUT2D eigenvalue weighted by molar-refractivity contribution is 5.97. The van der Waals surface area contributed by atoms with Crippen molar-refractivity contribution in [2.24, 2.45) is 28.6 Å². The molecule has 0 heterocycles. The number of fused-ring (bicyclic) bond motifs is 3. The van der Waals surface area contributed by atoms with Crippen LogP contribution in [-0.4, -0.2) is 53.2 Å². The summed E-state index contributed by atoms with van der Waals surface area (Å²) in [6.45, 7) is 13.4. The van der Waals surface area contributed by atoms with E-state index in [1.165, 1.54) is 20.8 Å². The number of Topliss-reactive ketones (excluding diaryl/α,β-unsaturated/α-hetero) is 1. The standard InChI is InChI=1S/C26H38O8/c1-12-18(30)9-10-26(8)21(12)22(32-14(3)27)17-11-19(31)13(2)20(25(17,6)7)23(33-15(4)28)24(26)34-16(5)29/h12,17-18,21-24,30H,9-11H2,1-8H3/t12-,17+,18+,21+,22-,23-,24+,26-/m1/s1. The number of esters is 3. The van der Waals surface area contributed by atoms with Crippen LogP contribution in [0.25, 0.3) is 0 Å². The van der Waals surface area contributed by atoms with Crippen LogP contribution in [0.15, 0.2) is 11.1 Å². The smallest absolute Gasteiger partial charge is 0.303 e. The van der Waals surface area contributed by atoms with Gasteiger partial charge in [0.1, 0.15) is 12.2 Å². The molecule has 0 amide bonds. The fourth-order valence-corrected chi connectivity index (χ4v) is 7.05. The van der Waals surface area contributed by atoms with Gasteiger partial charge >= 0.3 is 17.9 Å². The Labute approximate surface area is 201 Å². The monoisotopic (exact) mass is 478 g/mol. The summed E-state index contributed by atoms with van der Waals surface area (Å²) >= 11 is 0. The molecule has 0 aromatic heterocycles. The Morgan fingerprint density at radius 1 is 0.971 bits per heavy atom. The Bertz CT molecular complexity index is 918. The third-order valence-corrected chi connectivity index (χ3v) is 8.61. The molecule has 3 aliphatic carbocycles. The molecule has 8 heteroatoms. The molecular weight excluding hydrogens is 440 g/mol. The minimum absolute atomic E-state index is 0.122. The van der Waals surface area contributed by atoms with Gasteiger partial charge in [-0.15, -0.1) is 0 Å². The zero-order valence-corrected chi connectivity index (χ0v) is 21.5. The number of allylic oxidation sites excluding steroid dienone is 1. The number of carbonyl (C=O) groups is 4. The Kier molecular flexibility index (Phi) is 7.06. The molecule has 0 aliphatic heterocycles. The van der Waals surface area contributed by atoms with Crippen LogP contribution in [-0.2, 0) is 33.4 Å². The first-order valence-electron chi connectivity index (χ1n) is 12.1. The maximum Gasteiger partial charge on any atom is 0.303 e. The topological polar surface area (TPSA) is 116 Å². The number of hydrogen-bond donors (Lipinski definition) is 1. The minimum atomic E-state index is -0.976. The molecule has 0 aromatic rings. The van der Waals surface area contributed by atoms with Crippen LogP contribution in [0.1, 0.15) is 74.7 Å². The number of carbonyl (C=O) groups excluding carboxylic acids is 4. The van der Waals surface area contributed by atoms with Crippen LogP contribution >= 0.6 is 0 Å². The van der Waals surface area contributed by atoms with E-state index in [0.717, 1.165) is 0 Å². The summed E-state index contributed by atoms with van der Waals surface area (Å²) in [5.74, 6) is -2.86. The van der Waals surface area contributed by atoms with E-state index in [0.29, 0.717) is 24.0 Å². The lowest BCUT2D eigenvalue weighted by Crippen LogP contribution is -2.65. The van der Waals surface area contributed by atoms with E-state index in [9.17, 15) is 24.3 Å². The lowest BCUT2D eigenvalue weighted by atomic mass is 9.48. The predicted molar refractivity (Wildman–Crippen MR) is 122 cm³/mol. The summed E-state index contributed by atoms with van der Waals surface area (Å²) in [5.41, 5.74) is -0.436. The SMILES string of the molecule is CC(=O)O[C@H]1[C@@H]2[C@H](C)[C@@H](O)CC[C@@]2(C)[C@@H](OC(C)=O)[C@H](OC(C)=O)C2=C(C)C(=O)C[C@@H]1C2(C)C. The zero-order valence-electron chi connectivity index (χ0n) is 21.5. The van der Waals surface area contributed by atoms with E-state index in [2.05, 4.69) is 0 Å². The number of ketones is 1. The molecular formula is C26H38O8. The quantitative estimate of drug-likeness (QED) is 0.486. The van der Waals surface area contributed by atoms with E-state index >= 15 is 0 Å². The van der Waals surface area contributed by atoms with Crippen molar-refractivity contribution in [3.63, 3.8) is 0 Å². The van der Waals surface area contributed by atoms with E-state index in [-0.39, 0.29) is 18.1 Å². The van der Waals surface area contributed by atoms with Crippen molar-refractivity contribution in [2.75, 3.05) is 0 Å². The molecule has 8 nitrogen and oxygen atoms in total. The normalized spacial score (nSPS) is 39.3. The Hall–Kier alpha value is -2.22. The van der Waals surface area contributed by atoms with Gasteiger partial charge in [-0.2, -0.15) is 0 Å². The molecule has 0 unspecified atom stereocenters. The van der Waals surface area contributed by atoms with Crippen LogP contribution in [0.2, 0.25) is 0 Å². The molecule has 190 valence electrons. The predicted octanol–water partition coefficient (Wildman–Crippen LogP) is 3.14. The van der Waals surface area contributed by atoms with Crippen molar-refractivity contribution in [1.82, 2.24) is 0 Å². The van der Waals surface area contributed by atoms with Gasteiger partial charge in [0.2, 0.25) is 0 Å². The Morgan fingerprint density at radius 2 is 1.53 bits per heavy atom. The van der Waals surface area contributed by atoms with Gasteiger partial charge in [-0.3, -0.25) is 19.2 Å². The summed E-state index contributed by atoms with van der Waals surface area (Å²) in [6.07, 6.45) is -2.17. The van der Waals surface area contributed by atoms with Crippen LogP contribution in [0.3, 0.4) is 0 Å². The largest absolute Gasteiger partial charge is 0.462 e. The van der Waals surface area contributed by atoms with E-state index in [1.807, 2.05) is 27.7 Å². The zero-order chi connectivity index (χ0) is 25.7. The molecule has 0 radical (unpaired) electrons. The molecule has 0 saturated heterocycles.